The summed E-state index contributed by atoms with van der Waals surface area (Å²) >= 11 is 0. The molecule has 1 aromatic carbocycles. The first-order valence-corrected chi connectivity index (χ1v) is 7.24. The number of hydrogen-bond acceptors (Lipinski definition) is 5. The van der Waals surface area contributed by atoms with Crippen molar-refractivity contribution in [3.8, 4) is 5.75 Å². The molecular formula is C15H23N3O3. The molecular weight excluding hydrogens is 270 g/mol. The van der Waals surface area contributed by atoms with Crippen LogP contribution < -0.4 is 15.8 Å². The minimum atomic E-state index is 0.0290. The van der Waals surface area contributed by atoms with Crippen LogP contribution in [0.25, 0.3) is 0 Å². The summed E-state index contributed by atoms with van der Waals surface area (Å²) in [5, 5.41) is 2.81. The molecule has 21 heavy (non-hydrogen) atoms. The Balaban J connectivity index is 2.13. The van der Waals surface area contributed by atoms with E-state index in [0.717, 1.165) is 23.4 Å². The van der Waals surface area contributed by atoms with Gasteiger partial charge in [0.05, 0.1) is 13.2 Å². The summed E-state index contributed by atoms with van der Waals surface area (Å²) in [6, 6.07) is 3.78. The van der Waals surface area contributed by atoms with Crippen LogP contribution in [0.1, 0.15) is 25.0 Å². The molecule has 0 radical (unpaired) electrons. The second-order valence-electron chi connectivity index (χ2n) is 5.04. The van der Waals surface area contributed by atoms with Crippen molar-refractivity contribution in [3.05, 3.63) is 23.3 Å². The van der Waals surface area contributed by atoms with Crippen molar-refractivity contribution in [1.82, 2.24) is 10.2 Å². The lowest BCUT2D eigenvalue weighted by atomic mass is 10.1. The number of nitrogens with two attached hydrogens (primary N) is 1. The number of nitrogen functional groups attached to an aromatic ring is 1. The maximum atomic E-state index is 11.7. The predicted molar refractivity (Wildman–Crippen MR) is 80.8 cm³/mol. The molecule has 2 rings (SSSR count). The number of nitrogens with zero attached hydrogens (tertiary/aromatic N) is 1. The quantitative estimate of drug-likeness (QED) is 0.768. The monoisotopic (exact) mass is 293 g/mol. The average molecular weight is 293 g/mol. The zero-order chi connectivity index (χ0) is 15.2. The number of fused-ring (bicyclic) bond motifs is 1. The molecule has 1 amide bonds. The molecule has 116 valence electrons. The molecule has 0 saturated heterocycles. The molecule has 1 aliphatic heterocycles. The Morgan fingerprint density at radius 2 is 2.24 bits per heavy atom. The van der Waals surface area contributed by atoms with Crippen LogP contribution in [0.3, 0.4) is 0 Å². The molecule has 0 spiro atoms. The molecule has 0 aromatic heterocycles. The van der Waals surface area contributed by atoms with Crippen LogP contribution in [0.4, 0.5) is 5.69 Å². The SMILES string of the molecule is CCNC(=O)CN(CC)Cc1cc(N)cc2c1OCOC2. The summed E-state index contributed by atoms with van der Waals surface area (Å²) in [5.41, 5.74) is 8.59. The van der Waals surface area contributed by atoms with E-state index in [1.54, 1.807) is 0 Å². The number of hydrogen-bond donors (Lipinski definition) is 2. The van der Waals surface area contributed by atoms with E-state index in [0.29, 0.717) is 31.9 Å². The molecule has 0 bridgehead atoms. The minimum Gasteiger partial charge on any atom is -0.467 e. The normalized spacial score (nSPS) is 13.7. The van der Waals surface area contributed by atoms with E-state index in [4.69, 9.17) is 15.2 Å². The van der Waals surface area contributed by atoms with Crippen LogP contribution >= 0.6 is 0 Å². The van der Waals surface area contributed by atoms with Crippen molar-refractivity contribution < 1.29 is 14.3 Å². The molecule has 0 saturated carbocycles. The highest BCUT2D eigenvalue weighted by molar-refractivity contribution is 5.77. The van der Waals surface area contributed by atoms with Gasteiger partial charge in [-0.05, 0) is 25.6 Å². The van der Waals surface area contributed by atoms with Gasteiger partial charge >= 0.3 is 0 Å². The zero-order valence-electron chi connectivity index (χ0n) is 12.6. The number of likely N-dealkylation sites (N-methyl/N-ethyl adjacent to an activating group) is 2. The molecule has 1 aromatic rings. The fraction of sp³-hybridized carbons (Fsp3) is 0.533. The van der Waals surface area contributed by atoms with Crippen molar-refractivity contribution in [2.45, 2.75) is 27.0 Å². The molecule has 0 fully saturated rings. The number of nitrogens with one attached hydrogen (secondary N) is 1. The number of anilines is 1. The molecule has 0 atom stereocenters. The van der Waals surface area contributed by atoms with E-state index >= 15 is 0 Å². The van der Waals surface area contributed by atoms with Gasteiger partial charge in [0.1, 0.15) is 5.75 Å². The molecule has 1 aliphatic rings. The van der Waals surface area contributed by atoms with Gasteiger partial charge in [-0.25, -0.2) is 0 Å². The van der Waals surface area contributed by atoms with Crippen LogP contribution in [0.15, 0.2) is 12.1 Å². The van der Waals surface area contributed by atoms with Crippen LogP contribution in [0.5, 0.6) is 5.75 Å². The summed E-state index contributed by atoms with van der Waals surface area (Å²) in [6.45, 7) is 7.12. The Hall–Kier alpha value is -1.79. The number of ether oxygens (including phenoxy) is 2. The van der Waals surface area contributed by atoms with Crippen molar-refractivity contribution in [2.75, 3.05) is 32.2 Å². The van der Waals surface area contributed by atoms with Crippen molar-refractivity contribution in [2.24, 2.45) is 0 Å². The summed E-state index contributed by atoms with van der Waals surface area (Å²) in [7, 11) is 0. The van der Waals surface area contributed by atoms with Crippen LogP contribution in [0.2, 0.25) is 0 Å². The van der Waals surface area contributed by atoms with Crippen LogP contribution in [0, 0.1) is 0 Å². The Morgan fingerprint density at radius 3 is 2.95 bits per heavy atom. The van der Waals surface area contributed by atoms with Gasteiger partial charge in [-0.1, -0.05) is 6.92 Å². The van der Waals surface area contributed by atoms with Gasteiger partial charge in [0, 0.05) is 29.9 Å². The second-order valence-corrected chi connectivity index (χ2v) is 5.04. The van der Waals surface area contributed by atoms with E-state index in [-0.39, 0.29) is 12.7 Å². The Bertz CT molecular complexity index is 505. The Morgan fingerprint density at radius 1 is 1.43 bits per heavy atom. The highest BCUT2D eigenvalue weighted by Gasteiger charge is 2.18. The summed E-state index contributed by atoms with van der Waals surface area (Å²) in [4.78, 5) is 13.8. The predicted octanol–water partition coefficient (Wildman–Crippen LogP) is 1.09. The Labute approximate surface area is 125 Å². The molecule has 6 heteroatoms. The summed E-state index contributed by atoms with van der Waals surface area (Å²) in [5.74, 6) is 0.867. The number of carbonyl (C=O) groups excluding carboxylic acids is 1. The third-order valence-electron chi connectivity index (χ3n) is 3.39. The molecule has 6 nitrogen and oxygen atoms in total. The highest BCUT2D eigenvalue weighted by atomic mass is 16.7. The van der Waals surface area contributed by atoms with E-state index in [2.05, 4.69) is 10.2 Å². The van der Waals surface area contributed by atoms with Crippen molar-refractivity contribution >= 4 is 11.6 Å². The van der Waals surface area contributed by atoms with Gasteiger partial charge in [-0.2, -0.15) is 0 Å². The smallest absolute Gasteiger partial charge is 0.234 e. The van der Waals surface area contributed by atoms with Gasteiger partial charge in [-0.15, -0.1) is 0 Å². The van der Waals surface area contributed by atoms with Crippen molar-refractivity contribution in [3.63, 3.8) is 0 Å². The average Bonchev–Trinajstić information content (AvgIpc) is 2.46. The standard InChI is InChI=1S/C15H23N3O3/c1-3-17-14(19)8-18(4-2)7-11-5-13(16)6-12-9-20-10-21-15(11)12/h5-6H,3-4,7-10,16H2,1-2H3,(H,17,19). The maximum absolute atomic E-state index is 11.7. The van der Waals surface area contributed by atoms with Crippen LogP contribution in [-0.2, 0) is 22.7 Å². The van der Waals surface area contributed by atoms with Gasteiger partial charge in [0.15, 0.2) is 6.79 Å². The van der Waals surface area contributed by atoms with E-state index < -0.39 is 0 Å². The van der Waals surface area contributed by atoms with Crippen molar-refractivity contribution in [1.29, 1.82) is 0 Å². The first-order valence-electron chi connectivity index (χ1n) is 7.24. The van der Waals surface area contributed by atoms with E-state index in [9.17, 15) is 4.79 Å². The topological polar surface area (TPSA) is 76.8 Å². The fourth-order valence-corrected chi connectivity index (χ4v) is 2.42. The lowest BCUT2D eigenvalue weighted by Gasteiger charge is -2.25. The number of carbonyl (C=O) groups is 1. The molecule has 1 heterocycles. The number of rotatable bonds is 6. The third-order valence-corrected chi connectivity index (χ3v) is 3.39. The summed E-state index contributed by atoms with van der Waals surface area (Å²) in [6.07, 6.45) is 0. The van der Waals surface area contributed by atoms with Gasteiger partial charge < -0.3 is 20.5 Å². The number of benzene rings is 1. The minimum absolute atomic E-state index is 0.0290. The lowest BCUT2D eigenvalue weighted by molar-refractivity contribution is -0.122. The first kappa shape index (κ1) is 15.6. The van der Waals surface area contributed by atoms with Gasteiger partial charge in [-0.3, -0.25) is 9.69 Å². The molecule has 0 aliphatic carbocycles. The molecule has 0 unspecified atom stereocenters. The maximum Gasteiger partial charge on any atom is 0.234 e. The fourth-order valence-electron chi connectivity index (χ4n) is 2.42. The number of amides is 1. The zero-order valence-corrected chi connectivity index (χ0v) is 12.6. The highest BCUT2D eigenvalue weighted by Crippen LogP contribution is 2.31. The van der Waals surface area contributed by atoms with E-state index in [1.165, 1.54) is 0 Å². The third kappa shape index (κ3) is 4.09. The largest absolute Gasteiger partial charge is 0.467 e. The summed E-state index contributed by atoms with van der Waals surface area (Å²) < 4.78 is 10.9. The Kier molecular flexibility index (Phi) is 5.41. The lowest BCUT2D eigenvalue weighted by Crippen LogP contribution is -2.36. The van der Waals surface area contributed by atoms with Gasteiger partial charge in [0.25, 0.3) is 0 Å². The van der Waals surface area contributed by atoms with Crippen LogP contribution in [-0.4, -0.2) is 37.2 Å². The second kappa shape index (κ2) is 7.28. The van der Waals surface area contributed by atoms with E-state index in [1.807, 2.05) is 26.0 Å². The first-order chi connectivity index (χ1) is 10.1. The molecule has 3 N–H and O–H groups in total. The van der Waals surface area contributed by atoms with Gasteiger partial charge in [0.2, 0.25) is 5.91 Å².